The van der Waals surface area contributed by atoms with Crippen molar-refractivity contribution in [2.24, 2.45) is 0 Å². The summed E-state index contributed by atoms with van der Waals surface area (Å²) < 4.78 is 6.30. The summed E-state index contributed by atoms with van der Waals surface area (Å²) in [7, 11) is 1.69. The quantitative estimate of drug-likeness (QED) is 0.813. The molecule has 4 heteroatoms. The van der Waals surface area contributed by atoms with Gasteiger partial charge >= 0.3 is 0 Å². The molecule has 0 aromatic heterocycles. The van der Waals surface area contributed by atoms with Crippen molar-refractivity contribution in [2.75, 3.05) is 13.7 Å². The summed E-state index contributed by atoms with van der Waals surface area (Å²) in [5.41, 5.74) is 1.31. The largest absolute Gasteiger partial charge is 0.497 e. The van der Waals surface area contributed by atoms with Gasteiger partial charge in [0.15, 0.2) is 0 Å². The van der Waals surface area contributed by atoms with Gasteiger partial charge in [-0.1, -0.05) is 34.6 Å². The number of benzene rings is 2. The van der Waals surface area contributed by atoms with Crippen LogP contribution >= 0.6 is 27.7 Å². The molecule has 20 heavy (non-hydrogen) atoms. The third-order valence-electron chi connectivity index (χ3n) is 2.88. The monoisotopic (exact) mass is 351 g/mol. The van der Waals surface area contributed by atoms with E-state index in [1.807, 2.05) is 12.1 Å². The van der Waals surface area contributed by atoms with Crippen LogP contribution in [0.2, 0.25) is 0 Å². The molecule has 0 atom stereocenters. The van der Waals surface area contributed by atoms with E-state index < -0.39 is 0 Å². The minimum atomic E-state index is 0.883. The zero-order valence-corrected chi connectivity index (χ0v) is 14.1. The Morgan fingerprint density at radius 3 is 2.55 bits per heavy atom. The first kappa shape index (κ1) is 15.4. The number of hydrogen-bond acceptors (Lipinski definition) is 3. The van der Waals surface area contributed by atoms with E-state index in [0.29, 0.717) is 0 Å². The van der Waals surface area contributed by atoms with Crippen LogP contribution in [0.25, 0.3) is 0 Å². The Kier molecular flexibility index (Phi) is 5.95. The fourth-order valence-corrected chi connectivity index (χ4v) is 3.15. The van der Waals surface area contributed by atoms with Gasteiger partial charge in [0, 0.05) is 20.8 Å². The number of ether oxygens (including phenoxy) is 1. The normalized spacial score (nSPS) is 10.6. The van der Waals surface area contributed by atoms with E-state index in [9.17, 15) is 0 Å². The van der Waals surface area contributed by atoms with Gasteiger partial charge in [0.1, 0.15) is 5.75 Å². The first-order valence-corrected chi connectivity index (χ1v) is 8.15. The summed E-state index contributed by atoms with van der Waals surface area (Å²) >= 11 is 5.32. The van der Waals surface area contributed by atoms with E-state index >= 15 is 0 Å². The average molecular weight is 352 g/mol. The Labute approximate surface area is 133 Å². The molecular formula is C16H18BrNOS. The zero-order valence-electron chi connectivity index (χ0n) is 11.7. The molecule has 0 unspecified atom stereocenters. The van der Waals surface area contributed by atoms with E-state index in [2.05, 4.69) is 58.5 Å². The second-order valence-corrected chi connectivity index (χ2v) is 6.34. The molecule has 0 saturated carbocycles. The fourth-order valence-electron chi connectivity index (χ4n) is 1.82. The Balaban J connectivity index is 2.18. The predicted octanol–water partition coefficient (Wildman–Crippen LogP) is 4.72. The smallest absolute Gasteiger partial charge is 0.118 e. The highest BCUT2D eigenvalue weighted by Gasteiger charge is 2.05. The number of hydrogen-bond donors (Lipinski definition) is 1. The van der Waals surface area contributed by atoms with Gasteiger partial charge in [0.2, 0.25) is 0 Å². The number of nitrogens with one attached hydrogen (secondary N) is 1. The molecule has 0 amide bonds. The lowest BCUT2D eigenvalue weighted by molar-refractivity contribution is 0.414. The zero-order chi connectivity index (χ0) is 14.4. The van der Waals surface area contributed by atoms with Crippen molar-refractivity contribution in [3.05, 3.63) is 52.5 Å². The van der Waals surface area contributed by atoms with Crippen LogP contribution in [0.1, 0.15) is 12.5 Å². The number of rotatable bonds is 6. The maximum atomic E-state index is 5.19. The highest BCUT2D eigenvalue weighted by molar-refractivity contribution is 9.10. The minimum Gasteiger partial charge on any atom is -0.497 e. The van der Waals surface area contributed by atoms with Crippen molar-refractivity contribution < 1.29 is 4.74 Å². The van der Waals surface area contributed by atoms with Gasteiger partial charge in [-0.15, -0.1) is 0 Å². The molecule has 0 heterocycles. The van der Waals surface area contributed by atoms with Crippen LogP contribution in [0.4, 0.5) is 0 Å². The maximum Gasteiger partial charge on any atom is 0.118 e. The average Bonchev–Trinajstić information content (AvgIpc) is 2.48. The lowest BCUT2D eigenvalue weighted by Gasteiger charge is -2.10. The second-order valence-electron chi connectivity index (χ2n) is 4.31. The van der Waals surface area contributed by atoms with E-state index in [-0.39, 0.29) is 0 Å². The van der Waals surface area contributed by atoms with Gasteiger partial charge in [0.05, 0.1) is 7.11 Å². The molecule has 2 rings (SSSR count). The Morgan fingerprint density at radius 2 is 1.90 bits per heavy atom. The van der Waals surface area contributed by atoms with Gasteiger partial charge < -0.3 is 10.1 Å². The SMILES string of the molecule is CCNCc1cc(Br)ccc1Sc1ccc(OC)cc1. The molecule has 0 aliphatic heterocycles. The van der Waals surface area contributed by atoms with Crippen LogP contribution in [-0.2, 0) is 6.54 Å². The van der Waals surface area contributed by atoms with Crippen molar-refractivity contribution >= 4 is 27.7 Å². The molecular weight excluding hydrogens is 334 g/mol. The standard InChI is InChI=1S/C16H18BrNOS/c1-3-18-11-12-10-13(17)4-9-16(12)20-15-7-5-14(19-2)6-8-15/h4-10,18H,3,11H2,1-2H3. The Morgan fingerprint density at radius 1 is 1.15 bits per heavy atom. The van der Waals surface area contributed by atoms with Crippen LogP contribution < -0.4 is 10.1 Å². The summed E-state index contributed by atoms with van der Waals surface area (Å²) in [6.07, 6.45) is 0. The van der Waals surface area contributed by atoms with Crippen LogP contribution in [-0.4, -0.2) is 13.7 Å². The molecule has 2 nitrogen and oxygen atoms in total. The lowest BCUT2D eigenvalue weighted by atomic mass is 10.2. The third kappa shape index (κ3) is 4.27. The van der Waals surface area contributed by atoms with Crippen LogP contribution in [0.5, 0.6) is 5.75 Å². The van der Waals surface area contributed by atoms with Gasteiger partial charge in [0.25, 0.3) is 0 Å². The van der Waals surface area contributed by atoms with Crippen LogP contribution in [0.3, 0.4) is 0 Å². The molecule has 0 radical (unpaired) electrons. The van der Waals surface area contributed by atoms with Gasteiger partial charge in [-0.05, 0) is 54.6 Å². The predicted molar refractivity (Wildman–Crippen MR) is 88.6 cm³/mol. The van der Waals surface area contributed by atoms with E-state index in [1.165, 1.54) is 15.4 Å². The van der Waals surface area contributed by atoms with Crippen LogP contribution in [0, 0.1) is 0 Å². The summed E-state index contributed by atoms with van der Waals surface area (Å²) in [6, 6.07) is 14.6. The molecule has 0 saturated heterocycles. The summed E-state index contributed by atoms with van der Waals surface area (Å²) in [4.78, 5) is 2.49. The Bertz CT molecular complexity index is 557. The molecule has 0 bridgehead atoms. The summed E-state index contributed by atoms with van der Waals surface area (Å²) in [5.74, 6) is 0.887. The van der Waals surface area contributed by atoms with E-state index in [4.69, 9.17) is 4.74 Å². The summed E-state index contributed by atoms with van der Waals surface area (Å²) in [5, 5.41) is 3.38. The second kappa shape index (κ2) is 7.72. The highest BCUT2D eigenvalue weighted by Crippen LogP contribution is 2.33. The molecule has 0 aliphatic rings. The molecule has 106 valence electrons. The van der Waals surface area contributed by atoms with Crippen molar-refractivity contribution in [1.82, 2.24) is 5.32 Å². The fraction of sp³-hybridized carbons (Fsp3) is 0.250. The van der Waals surface area contributed by atoms with E-state index in [1.54, 1.807) is 18.9 Å². The number of methoxy groups -OCH3 is 1. The van der Waals surface area contributed by atoms with Crippen molar-refractivity contribution in [3.63, 3.8) is 0 Å². The minimum absolute atomic E-state index is 0.883. The van der Waals surface area contributed by atoms with Crippen molar-refractivity contribution in [3.8, 4) is 5.75 Å². The molecule has 1 N–H and O–H groups in total. The molecule has 0 aliphatic carbocycles. The van der Waals surface area contributed by atoms with Crippen molar-refractivity contribution in [2.45, 2.75) is 23.3 Å². The number of halogens is 1. The van der Waals surface area contributed by atoms with Gasteiger partial charge in [-0.2, -0.15) is 0 Å². The maximum absolute atomic E-state index is 5.19. The molecule has 2 aromatic rings. The first-order valence-electron chi connectivity index (χ1n) is 6.54. The molecule has 0 spiro atoms. The third-order valence-corrected chi connectivity index (χ3v) is 4.49. The van der Waals surface area contributed by atoms with E-state index in [0.717, 1.165) is 23.3 Å². The molecule has 2 aromatic carbocycles. The molecule has 0 fully saturated rings. The van der Waals surface area contributed by atoms with Gasteiger partial charge in [-0.3, -0.25) is 0 Å². The van der Waals surface area contributed by atoms with Gasteiger partial charge in [-0.25, -0.2) is 0 Å². The van der Waals surface area contributed by atoms with Crippen molar-refractivity contribution in [1.29, 1.82) is 0 Å². The lowest BCUT2D eigenvalue weighted by Crippen LogP contribution is -2.12. The Hall–Kier alpha value is -0.970. The first-order chi connectivity index (χ1) is 9.72. The highest BCUT2D eigenvalue weighted by atomic mass is 79.9. The topological polar surface area (TPSA) is 21.3 Å². The summed E-state index contributed by atoms with van der Waals surface area (Å²) in [6.45, 7) is 3.97. The van der Waals surface area contributed by atoms with Crippen LogP contribution in [0.15, 0.2) is 56.7 Å².